The number of hydrogen-bond acceptors (Lipinski definition) is 4. The molecular formula is C17H15N3O4. The number of nitro groups is 1. The van der Waals surface area contributed by atoms with Crippen molar-refractivity contribution < 1.29 is 14.5 Å². The van der Waals surface area contributed by atoms with Crippen molar-refractivity contribution in [3.8, 4) is 0 Å². The normalized spacial score (nSPS) is 17.0. The highest BCUT2D eigenvalue weighted by molar-refractivity contribution is 6.04. The first kappa shape index (κ1) is 15.7. The number of benzene rings is 2. The standard InChI is InChI=1S/C17H15N3O4/c21-16-15(10-12-5-2-1-3-6-12)18-17(22)19(16)11-13-7-4-8-14(9-13)20(23)24/h1-9,15H,10-11H2,(H,18,22)/t15-/m0/s1. The van der Waals surface area contributed by atoms with Crippen LogP contribution in [-0.4, -0.2) is 27.8 Å². The lowest BCUT2D eigenvalue weighted by atomic mass is 10.1. The van der Waals surface area contributed by atoms with Crippen LogP contribution in [0.4, 0.5) is 10.5 Å². The van der Waals surface area contributed by atoms with Gasteiger partial charge in [-0.2, -0.15) is 0 Å². The maximum atomic E-state index is 12.5. The highest BCUT2D eigenvalue weighted by Crippen LogP contribution is 2.18. The molecule has 0 bridgehead atoms. The van der Waals surface area contributed by atoms with E-state index in [0.29, 0.717) is 12.0 Å². The van der Waals surface area contributed by atoms with E-state index in [1.54, 1.807) is 6.07 Å². The number of carbonyl (C=O) groups is 2. The molecule has 1 atom stereocenters. The smallest absolute Gasteiger partial charge is 0.325 e. The summed E-state index contributed by atoms with van der Waals surface area (Å²) in [5, 5.41) is 13.5. The number of urea groups is 1. The summed E-state index contributed by atoms with van der Waals surface area (Å²) in [6, 6.07) is 14.2. The first-order chi connectivity index (χ1) is 11.5. The number of imide groups is 1. The van der Waals surface area contributed by atoms with Gasteiger partial charge in [-0.1, -0.05) is 42.5 Å². The van der Waals surface area contributed by atoms with Crippen LogP contribution in [0, 0.1) is 10.1 Å². The van der Waals surface area contributed by atoms with Crippen LogP contribution in [0.25, 0.3) is 0 Å². The van der Waals surface area contributed by atoms with Crippen molar-refractivity contribution in [2.75, 3.05) is 0 Å². The second-order valence-electron chi connectivity index (χ2n) is 5.54. The topological polar surface area (TPSA) is 92.6 Å². The molecule has 7 heteroatoms. The van der Waals surface area contributed by atoms with Gasteiger partial charge in [0.15, 0.2) is 0 Å². The van der Waals surface area contributed by atoms with Gasteiger partial charge in [0.1, 0.15) is 6.04 Å². The second-order valence-corrected chi connectivity index (χ2v) is 5.54. The van der Waals surface area contributed by atoms with E-state index in [-0.39, 0.29) is 18.1 Å². The van der Waals surface area contributed by atoms with Gasteiger partial charge in [-0.15, -0.1) is 0 Å². The van der Waals surface area contributed by atoms with Gasteiger partial charge in [0, 0.05) is 18.6 Å². The molecule has 2 aromatic carbocycles. The van der Waals surface area contributed by atoms with Crippen molar-refractivity contribution in [1.82, 2.24) is 10.2 Å². The van der Waals surface area contributed by atoms with Crippen LogP contribution in [0.1, 0.15) is 11.1 Å². The van der Waals surface area contributed by atoms with E-state index in [1.165, 1.54) is 18.2 Å². The van der Waals surface area contributed by atoms with E-state index in [1.807, 2.05) is 30.3 Å². The number of nitro benzene ring substituents is 1. The Balaban J connectivity index is 1.72. The van der Waals surface area contributed by atoms with Crippen molar-refractivity contribution in [1.29, 1.82) is 0 Å². The van der Waals surface area contributed by atoms with Crippen LogP contribution in [0.5, 0.6) is 0 Å². The van der Waals surface area contributed by atoms with Crippen molar-refractivity contribution in [2.45, 2.75) is 19.0 Å². The van der Waals surface area contributed by atoms with Crippen LogP contribution in [0.15, 0.2) is 54.6 Å². The summed E-state index contributed by atoms with van der Waals surface area (Å²) in [6.07, 6.45) is 0.414. The SMILES string of the molecule is O=C1N[C@@H](Cc2ccccc2)C(=O)N1Cc1cccc([N+](=O)[O-])c1. The predicted molar refractivity (Wildman–Crippen MR) is 86.1 cm³/mol. The zero-order valence-electron chi connectivity index (χ0n) is 12.7. The molecule has 0 spiro atoms. The lowest BCUT2D eigenvalue weighted by Crippen LogP contribution is -2.32. The average molecular weight is 325 g/mol. The van der Waals surface area contributed by atoms with Gasteiger partial charge in [-0.3, -0.25) is 19.8 Å². The number of amides is 3. The summed E-state index contributed by atoms with van der Waals surface area (Å²) in [6.45, 7) is 0.0115. The molecule has 122 valence electrons. The molecule has 1 N–H and O–H groups in total. The highest BCUT2D eigenvalue weighted by Gasteiger charge is 2.37. The van der Waals surface area contributed by atoms with E-state index >= 15 is 0 Å². The third-order valence-electron chi connectivity index (χ3n) is 3.85. The first-order valence-electron chi connectivity index (χ1n) is 7.44. The zero-order valence-corrected chi connectivity index (χ0v) is 12.7. The van der Waals surface area contributed by atoms with Gasteiger partial charge in [0.2, 0.25) is 0 Å². The van der Waals surface area contributed by atoms with E-state index in [4.69, 9.17) is 0 Å². The first-order valence-corrected chi connectivity index (χ1v) is 7.44. The second kappa shape index (κ2) is 6.49. The lowest BCUT2D eigenvalue weighted by Gasteiger charge is -2.13. The van der Waals surface area contributed by atoms with Crippen LogP contribution in [0.2, 0.25) is 0 Å². The fourth-order valence-electron chi connectivity index (χ4n) is 2.67. The van der Waals surface area contributed by atoms with E-state index < -0.39 is 17.0 Å². The number of carbonyl (C=O) groups excluding carboxylic acids is 2. The molecular weight excluding hydrogens is 310 g/mol. The molecule has 1 aliphatic heterocycles. The molecule has 0 aromatic heterocycles. The molecule has 0 aliphatic carbocycles. The fraction of sp³-hybridized carbons (Fsp3) is 0.176. The minimum absolute atomic E-state index is 0.0115. The van der Waals surface area contributed by atoms with Gasteiger partial charge in [-0.25, -0.2) is 4.79 Å². The predicted octanol–water partition coefficient (Wildman–Crippen LogP) is 2.26. The summed E-state index contributed by atoms with van der Waals surface area (Å²) in [5.74, 6) is -0.324. The molecule has 2 aromatic rings. The summed E-state index contributed by atoms with van der Waals surface area (Å²) in [4.78, 5) is 35.9. The number of nitrogens with zero attached hydrogens (tertiary/aromatic N) is 2. The molecule has 7 nitrogen and oxygen atoms in total. The van der Waals surface area contributed by atoms with E-state index in [9.17, 15) is 19.7 Å². The number of hydrogen-bond donors (Lipinski definition) is 1. The molecule has 3 amide bonds. The van der Waals surface area contributed by atoms with Crippen molar-refractivity contribution in [2.24, 2.45) is 0 Å². The molecule has 3 rings (SSSR count). The maximum Gasteiger partial charge on any atom is 0.325 e. The summed E-state index contributed by atoms with van der Waals surface area (Å²) < 4.78 is 0. The van der Waals surface area contributed by atoms with Gasteiger partial charge < -0.3 is 5.32 Å². The Bertz CT molecular complexity index is 791. The maximum absolute atomic E-state index is 12.5. The number of non-ortho nitro benzene ring substituents is 1. The highest BCUT2D eigenvalue weighted by atomic mass is 16.6. The molecule has 0 saturated carbocycles. The minimum atomic E-state index is -0.612. The van der Waals surface area contributed by atoms with Crippen LogP contribution in [-0.2, 0) is 17.8 Å². The Morgan fingerprint density at radius 1 is 1.04 bits per heavy atom. The monoisotopic (exact) mass is 325 g/mol. The van der Waals surface area contributed by atoms with Crippen LogP contribution < -0.4 is 5.32 Å². The third kappa shape index (κ3) is 3.24. The molecule has 1 heterocycles. The quantitative estimate of drug-likeness (QED) is 0.518. The molecule has 1 fully saturated rings. The van der Waals surface area contributed by atoms with Gasteiger partial charge in [0.25, 0.3) is 11.6 Å². The summed E-state index contributed by atoms with van der Waals surface area (Å²) >= 11 is 0. The summed E-state index contributed by atoms with van der Waals surface area (Å²) in [5.41, 5.74) is 1.42. The van der Waals surface area contributed by atoms with Gasteiger partial charge >= 0.3 is 6.03 Å². The third-order valence-corrected chi connectivity index (χ3v) is 3.85. The zero-order chi connectivity index (χ0) is 17.1. The van der Waals surface area contributed by atoms with Gasteiger partial charge in [-0.05, 0) is 11.1 Å². The molecule has 1 saturated heterocycles. The van der Waals surface area contributed by atoms with Crippen LogP contribution >= 0.6 is 0 Å². The minimum Gasteiger partial charge on any atom is -0.325 e. The Kier molecular flexibility index (Phi) is 4.24. The Morgan fingerprint density at radius 2 is 1.75 bits per heavy atom. The van der Waals surface area contributed by atoms with Crippen molar-refractivity contribution >= 4 is 17.6 Å². The average Bonchev–Trinajstić information content (AvgIpc) is 2.83. The molecule has 0 radical (unpaired) electrons. The van der Waals surface area contributed by atoms with E-state index in [2.05, 4.69) is 5.32 Å². The molecule has 0 unspecified atom stereocenters. The Morgan fingerprint density at radius 3 is 2.46 bits per heavy atom. The molecule has 1 aliphatic rings. The molecule has 24 heavy (non-hydrogen) atoms. The summed E-state index contributed by atoms with van der Waals surface area (Å²) in [7, 11) is 0. The van der Waals surface area contributed by atoms with Crippen molar-refractivity contribution in [3.63, 3.8) is 0 Å². The van der Waals surface area contributed by atoms with Gasteiger partial charge in [0.05, 0.1) is 11.5 Å². The Hall–Kier alpha value is -3.22. The van der Waals surface area contributed by atoms with E-state index in [0.717, 1.165) is 10.5 Å². The van der Waals surface area contributed by atoms with Crippen molar-refractivity contribution in [3.05, 3.63) is 75.8 Å². The largest absolute Gasteiger partial charge is 0.325 e. The Labute approximate surface area is 138 Å². The number of rotatable bonds is 5. The number of nitrogens with one attached hydrogen (secondary N) is 1. The van der Waals surface area contributed by atoms with Crippen LogP contribution in [0.3, 0.4) is 0 Å². The lowest BCUT2D eigenvalue weighted by molar-refractivity contribution is -0.384. The fourth-order valence-corrected chi connectivity index (χ4v) is 2.67.